The average Bonchev–Trinajstić information content (AvgIpc) is 3.03. The summed E-state index contributed by atoms with van der Waals surface area (Å²) in [5, 5.41) is 5.04. The van der Waals surface area contributed by atoms with Gasteiger partial charge < -0.3 is 13.8 Å². The highest BCUT2D eigenvalue weighted by Crippen LogP contribution is 2.38. The van der Waals surface area contributed by atoms with Crippen LogP contribution >= 0.6 is 0 Å². The molecule has 0 saturated carbocycles. The number of aromatic nitrogens is 3. The molecule has 0 atom stereocenters. The molecular formula is C22H21N3O3. The van der Waals surface area contributed by atoms with E-state index in [1.54, 1.807) is 23.9 Å². The van der Waals surface area contributed by atoms with Gasteiger partial charge in [0.25, 0.3) is 5.56 Å². The summed E-state index contributed by atoms with van der Waals surface area (Å²) in [6.45, 7) is 6.13. The first-order valence-corrected chi connectivity index (χ1v) is 9.05. The Morgan fingerprint density at radius 1 is 1.14 bits per heavy atom. The number of benzene rings is 1. The quantitative estimate of drug-likeness (QED) is 0.538. The summed E-state index contributed by atoms with van der Waals surface area (Å²) in [7, 11) is 1.62. The molecule has 4 rings (SSSR count). The van der Waals surface area contributed by atoms with Gasteiger partial charge in [-0.25, -0.2) is 0 Å². The second-order valence-electron chi connectivity index (χ2n) is 6.84. The van der Waals surface area contributed by atoms with E-state index in [4.69, 9.17) is 9.26 Å². The van der Waals surface area contributed by atoms with Crippen molar-refractivity contribution in [3.63, 3.8) is 0 Å². The largest absolute Gasteiger partial charge is 0.496 e. The van der Waals surface area contributed by atoms with Crippen molar-refractivity contribution in [2.75, 3.05) is 7.11 Å². The van der Waals surface area contributed by atoms with Crippen LogP contribution in [0, 0.1) is 20.8 Å². The van der Waals surface area contributed by atoms with E-state index >= 15 is 0 Å². The molecule has 6 nitrogen and oxygen atoms in total. The van der Waals surface area contributed by atoms with E-state index in [0.29, 0.717) is 12.3 Å². The van der Waals surface area contributed by atoms with Gasteiger partial charge in [0.1, 0.15) is 11.5 Å². The molecule has 0 aliphatic carbocycles. The van der Waals surface area contributed by atoms with Crippen LogP contribution in [0.3, 0.4) is 0 Å². The minimum Gasteiger partial charge on any atom is -0.496 e. The lowest BCUT2D eigenvalue weighted by molar-refractivity contribution is 0.393. The molecule has 3 aromatic heterocycles. The number of nitrogens with zero attached hydrogens (tertiary/aromatic N) is 3. The van der Waals surface area contributed by atoms with Crippen LogP contribution < -0.4 is 10.3 Å². The summed E-state index contributed by atoms with van der Waals surface area (Å²) in [6.07, 6.45) is 1.73. The van der Waals surface area contributed by atoms with E-state index in [0.717, 1.165) is 44.7 Å². The molecule has 28 heavy (non-hydrogen) atoms. The predicted octanol–water partition coefficient (Wildman–Crippen LogP) is 4.03. The Kier molecular flexibility index (Phi) is 4.47. The van der Waals surface area contributed by atoms with Gasteiger partial charge in [0.15, 0.2) is 0 Å². The highest BCUT2D eigenvalue weighted by molar-refractivity contribution is 5.91. The normalized spacial score (nSPS) is 11.1. The summed E-state index contributed by atoms with van der Waals surface area (Å²) in [4.78, 5) is 17.1. The van der Waals surface area contributed by atoms with Crippen LogP contribution in [-0.2, 0) is 6.54 Å². The van der Waals surface area contributed by atoms with Gasteiger partial charge in [0.2, 0.25) is 0 Å². The third-order valence-electron chi connectivity index (χ3n) is 4.99. The molecule has 0 unspecified atom stereocenters. The highest BCUT2D eigenvalue weighted by atomic mass is 16.5. The van der Waals surface area contributed by atoms with Gasteiger partial charge in [-0.2, -0.15) is 0 Å². The summed E-state index contributed by atoms with van der Waals surface area (Å²) in [6, 6.07) is 11.3. The number of pyridine rings is 2. The number of methoxy groups -OCH3 is 1. The first kappa shape index (κ1) is 18.0. The SMILES string of the molecule is COc1cc2c(cc1-c1c(C)noc1C)c(C)cc(=O)n2Cc1ccccn1. The molecule has 0 saturated heterocycles. The molecule has 0 bridgehead atoms. The summed E-state index contributed by atoms with van der Waals surface area (Å²) >= 11 is 0. The summed E-state index contributed by atoms with van der Waals surface area (Å²) < 4.78 is 12.7. The Balaban J connectivity index is 2.00. The second-order valence-corrected chi connectivity index (χ2v) is 6.84. The average molecular weight is 375 g/mol. The lowest BCUT2D eigenvalue weighted by atomic mass is 9.98. The van der Waals surface area contributed by atoms with E-state index in [2.05, 4.69) is 10.1 Å². The molecule has 6 heteroatoms. The van der Waals surface area contributed by atoms with Crippen molar-refractivity contribution in [2.45, 2.75) is 27.3 Å². The summed E-state index contributed by atoms with van der Waals surface area (Å²) in [5.74, 6) is 1.40. The lowest BCUT2D eigenvalue weighted by Gasteiger charge is -2.16. The van der Waals surface area contributed by atoms with Crippen molar-refractivity contribution < 1.29 is 9.26 Å². The number of hydrogen-bond acceptors (Lipinski definition) is 5. The highest BCUT2D eigenvalue weighted by Gasteiger charge is 2.19. The van der Waals surface area contributed by atoms with Crippen LogP contribution in [-0.4, -0.2) is 21.8 Å². The van der Waals surface area contributed by atoms with Gasteiger partial charge in [-0.15, -0.1) is 0 Å². The molecule has 0 aliphatic rings. The molecule has 0 spiro atoms. The molecule has 0 amide bonds. The maximum atomic E-state index is 12.7. The smallest absolute Gasteiger partial charge is 0.251 e. The van der Waals surface area contributed by atoms with E-state index < -0.39 is 0 Å². The van der Waals surface area contributed by atoms with Crippen molar-refractivity contribution >= 4 is 10.9 Å². The van der Waals surface area contributed by atoms with Crippen molar-refractivity contribution in [1.29, 1.82) is 0 Å². The van der Waals surface area contributed by atoms with Crippen LogP contribution in [0.1, 0.15) is 22.7 Å². The van der Waals surface area contributed by atoms with Crippen molar-refractivity contribution in [1.82, 2.24) is 14.7 Å². The van der Waals surface area contributed by atoms with Crippen LogP contribution in [0.4, 0.5) is 0 Å². The maximum Gasteiger partial charge on any atom is 0.251 e. The molecule has 0 fully saturated rings. The predicted molar refractivity (Wildman–Crippen MR) is 108 cm³/mol. The molecule has 142 valence electrons. The fourth-order valence-corrected chi connectivity index (χ4v) is 3.62. The first-order valence-electron chi connectivity index (χ1n) is 9.05. The fraction of sp³-hybridized carbons (Fsp3) is 0.227. The van der Waals surface area contributed by atoms with E-state index in [-0.39, 0.29) is 5.56 Å². The molecular weight excluding hydrogens is 354 g/mol. The van der Waals surface area contributed by atoms with E-state index in [1.165, 1.54) is 0 Å². The Morgan fingerprint density at radius 2 is 1.96 bits per heavy atom. The number of fused-ring (bicyclic) bond motifs is 1. The number of aryl methyl sites for hydroxylation is 3. The minimum atomic E-state index is -0.0669. The van der Waals surface area contributed by atoms with Crippen LogP contribution in [0.2, 0.25) is 0 Å². The van der Waals surface area contributed by atoms with Crippen LogP contribution in [0.25, 0.3) is 22.0 Å². The van der Waals surface area contributed by atoms with Gasteiger partial charge in [-0.1, -0.05) is 11.2 Å². The zero-order chi connectivity index (χ0) is 19.8. The van der Waals surface area contributed by atoms with Gasteiger partial charge >= 0.3 is 0 Å². The number of rotatable bonds is 4. The lowest BCUT2D eigenvalue weighted by Crippen LogP contribution is -2.21. The Labute approximate surface area is 162 Å². The topological polar surface area (TPSA) is 70.2 Å². The molecule has 3 heterocycles. The molecule has 1 aromatic carbocycles. The molecule has 0 radical (unpaired) electrons. The monoisotopic (exact) mass is 375 g/mol. The first-order chi connectivity index (χ1) is 13.5. The zero-order valence-electron chi connectivity index (χ0n) is 16.3. The van der Waals surface area contributed by atoms with Gasteiger partial charge in [0.05, 0.1) is 36.1 Å². The Hall–Kier alpha value is -3.41. The van der Waals surface area contributed by atoms with Crippen molar-refractivity contribution in [3.8, 4) is 16.9 Å². The second kappa shape index (κ2) is 6.96. The standard InChI is InChI=1S/C22H21N3O3/c1-13-9-21(26)25(12-16-7-5-6-8-23-16)19-11-20(27-4)18(10-17(13)19)22-14(2)24-28-15(22)3/h5-11H,12H2,1-4H3. The van der Waals surface area contributed by atoms with Gasteiger partial charge in [-0.3, -0.25) is 9.78 Å². The van der Waals surface area contributed by atoms with Gasteiger partial charge in [-0.05, 0) is 44.5 Å². The number of hydrogen-bond donors (Lipinski definition) is 0. The fourth-order valence-electron chi connectivity index (χ4n) is 3.62. The number of ether oxygens (including phenoxy) is 1. The van der Waals surface area contributed by atoms with E-state index in [9.17, 15) is 4.79 Å². The summed E-state index contributed by atoms with van der Waals surface area (Å²) in [5.41, 5.74) is 5.09. The minimum absolute atomic E-state index is 0.0669. The third-order valence-corrected chi connectivity index (χ3v) is 4.99. The van der Waals surface area contributed by atoms with Crippen LogP contribution in [0.15, 0.2) is 51.9 Å². The molecule has 0 aliphatic heterocycles. The Bertz CT molecular complexity index is 1200. The zero-order valence-corrected chi connectivity index (χ0v) is 16.3. The van der Waals surface area contributed by atoms with Crippen molar-refractivity contribution in [3.05, 3.63) is 75.7 Å². The molecule has 0 N–H and O–H groups in total. The molecule has 4 aromatic rings. The van der Waals surface area contributed by atoms with E-state index in [1.807, 2.05) is 51.1 Å². The third kappa shape index (κ3) is 2.97. The van der Waals surface area contributed by atoms with Gasteiger partial charge in [0, 0.05) is 29.3 Å². The maximum absolute atomic E-state index is 12.7. The van der Waals surface area contributed by atoms with Crippen molar-refractivity contribution in [2.24, 2.45) is 0 Å². The Morgan fingerprint density at radius 3 is 2.61 bits per heavy atom. The van der Waals surface area contributed by atoms with Crippen LogP contribution in [0.5, 0.6) is 5.75 Å².